The van der Waals surface area contributed by atoms with E-state index >= 15 is 0 Å². The molecule has 0 aliphatic heterocycles. The van der Waals surface area contributed by atoms with Crippen LogP contribution in [-0.2, 0) is 14.5 Å². The number of aliphatic hydroxyl groups excluding tert-OH is 1. The normalized spacial score (nSPS) is 27.2. The van der Waals surface area contributed by atoms with E-state index in [4.69, 9.17) is 5.14 Å². The molecule has 0 bridgehead atoms. The van der Waals surface area contributed by atoms with Crippen molar-refractivity contribution in [2.24, 2.45) is 11.1 Å². The van der Waals surface area contributed by atoms with Crippen LogP contribution in [0.25, 0.3) is 11.2 Å². The van der Waals surface area contributed by atoms with Gasteiger partial charge in [0.2, 0.25) is 0 Å². The smallest absolute Gasteiger partial charge is 0.333 e. The Balaban J connectivity index is 1.30. The Labute approximate surface area is 187 Å². The average Bonchev–Trinajstić information content (AvgIpc) is 3.21. The van der Waals surface area contributed by atoms with Crippen molar-refractivity contribution in [3.05, 3.63) is 41.7 Å². The standard InChI is InChI=1S/C19H21F2N7O4S/c20-13-2-1-9(4-14(13)21)12-6-15(12)25-18-17-19(24-8-23-18)28(27-26-17)11-3-10(16(29)5-11)7-32-33(22,30)31/h1-2,4,8,10-12,15-16,29H,3,5-7H2,(H2,22,30,31)(H,23,24,25)/t10?,11-,12+,15-,16?/m1/s1. The third-order valence-electron chi connectivity index (χ3n) is 6.17. The molecule has 2 heterocycles. The van der Waals surface area contributed by atoms with Crippen LogP contribution in [0.2, 0.25) is 0 Å². The molecule has 11 nitrogen and oxygen atoms in total. The van der Waals surface area contributed by atoms with Crippen molar-refractivity contribution in [3.63, 3.8) is 0 Å². The number of aromatic nitrogens is 5. The zero-order chi connectivity index (χ0) is 23.3. The van der Waals surface area contributed by atoms with E-state index in [0.29, 0.717) is 35.4 Å². The van der Waals surface area contributed by atoms with E-state index < -0.39 is 34.0 Å². The van der Waals surface area contributed by atoms with E-state index in [-0.39, 0.29) is 24.6 Å². The molecule has 2 aliphatic carbocycles. The van der Waals surface area contributed by atoms with Crippen LogP contribution >= 0.6 is 0 Å². The summed E-state index contributed by atoms with van der Waals surface area (Å²) < 4.78 is 55.0. The van der Waals surface area contributed by atoms with Crippen LogP contribution in [0.15, 0.2) is 24.5 Å². The number of benzene rings is 1. The first-order chi connectivity index (χ1) is 15.7. The molecule has 0 amide bonds. The highest BCUT2D eigenvalue weighted by molar-refractivity contribution is 7.84. The summed E-state index contributed by atoms with van der Waals surface area (Å²) in [5.74, 6) is -1.71. The first-order valence-corrected chi connectivity index (χ1v) is 11.8. The van der Waals surface area contributed by atoms with Gasteiger partial charge in [-0.1, -0.05) is 11.3 Å². The fraction of sp³-hybridized carbons (Fsp3) is 0.474. The topological polar surface area (TPSA) is 158 Å². The second kappa shape index (κ2) is 8.20. The molecule has 5 rings (SSSR count). The second-order valence-corrected chi connectivity index (χ2v) is 9.65. The van der Waals surface area contributed by atoms with Gasteiger partial charge in [-0.3, -0.25) is 4.18 Å². The van der Waals surface area contributed by atoms with Crippen molar-refractivity contribution in [1.82, 2.24) is 25.0 Å². The second-order valence-electron chi connectivity index (χ2n) is 8.43. The van der Waals surface area contributed by atoms with Gasteiger partial charge in [-0.05, 0) is 37.0 Å². The Hall–Kier alpha value is -2.81. The maximum absolute atomic E-state index is 13.5. The van der Waals surface area contributed by atoms with Gasteiger partial charge < -0.3 is 10.4 Å². The highest BCUT2D eigenvalue weighted by atomic mass is 32.2. The molecule has 1 aromatic carbocycles. The third-order valence-corrected chi connectivity index (χ3v) is 6.63. The molecule has 2 aliphatic rings. The summed E-state index contributed by atoms with van der Waals surface area (Å²) in [6, 6.07) is 3.60. The minimum absolute atomic E-state index is 0.0183. The van der Waals surface area contributed by atoms with Gasteiger partial charge in [0.25, 0.3) is 0 Å². The Morgan fingerprint density at radius 3 is 2.79 bits per heavy atom. The van der Waals surface area contributed by atoms with Crippen molar-refractivity contribution >= 4 is 27.3 Å². The molecule has 4 N–H and O–H groups in total. The van der Waals surface area contributed by atoms with E-state index in [1.807, 2.05) is 0 Å². The minimum atomic E-state index is -4.10. The van der Waals surface area contributed by atoms with Crippen LogP contribution in [0, 0.1) is 17.6 Å². The number of hydrogen-bond donors (Lipinski definition) is 3. The Kier molecular flexibility index (Phi) is 5.47. The SMILES string of the molecule is NS(=O)(=O)OCC1C[C@@H](n2nnc3c(N[C@@H]4C[C@H]4c4ccc(F)c(F)c4)ncnc32)CC1O. The Morgan fingerprint density at radius 2 is 2.03 bits per heavy atom. The predicted molar refractivity (Wildman–Crippen MR) is 111 cm³/mol. The summed E-state index contributed by atoms with van der Waals surface area (Å²) in [6.45, 7) is -0.224. The highest BCUT2D eigenvalue weighted by Gasteiger charge is 2.40. The third kappa shape index (κ3) is 4.51. The van der Waals surface area contributed by atoms with Crippen LogP contribution in [0.3, 0.4) is 0 Å². The van der Waals surface area contributed by atoms with Crippen LogP contribution in [-0.4, -0.2) is 57.2 Å². The fourth-order valence-corrected chi connectivity index (χ4v) is 4.76. The van der Waals surface area contributed by atoms with E-state index in [1.54, 1.807) is 10.7 Å². The van der Waals surface area contributed by atoms with Crippen LogP contribution in [0.5, 0.6) is 0 Å². The highest BCUT2D eigenvalue weighted by Crippen LogP contribution is 2.43. The maximum Gasteiger partial charge on any atom is 0.333 e. The van der Waals surface area contributed by atoms with Crippen LogP contribution in [0.4, 0.5) is 14.6 Å². The number of rotatable bonds is 7. The quantitative estimate of drug-likeness (QED) is 0.447. The number of halogens is 2. The van der Waals surface area contributed by atoms with E-state index in [9.17, 15) is 22.3 Å². The lowest BCUT2D eigenvalue weighted by atomic mass is 10.1. The summed E-state index contributed by atoms with van der Waals surface area (Å²) in [5, 5.41) is 26.8. The Morgan fingerprint density at radius 1 is 1.21 bits per heavy atom. The van der Waals surface area contributed by atoms with Gasteiger partial charge in [0.05, 0.1) is 18.8 Å². The molecule has 5 atom stereocenters. The molecule has 176 valence electrons. The van der Waals surface area contributed by atoms with Gasteiger partial charge in [0.15, 0.2) is 28.6 Å². The predicted octanol–water partition coefficient (Wildman–Crippen LogP) is 1.000. The first-order valence-electron chi connectivity index (χ1n) is 10.3. The zero-order valence-corrected chi connectivity index (χ0v) is 18.0. The van der Waals surface area contributed by atoms with Crippen molar-refractivity contribution in [3.8, 4) is 0 Å². The lowest BCUT2D eigenvalue weighted by Gasteiger charge is -2.12. The number of aliphatic hydroxyl groups is 1. The van der Waals surface area contributed by atoms with E-state index in [1.165, 1.54) is 12.4 Å². The van der Waals surface area contributed by atoms with Crippen molar-refractivity contribution in [1.29, 1.82) is 0 Å². The van der Waals surface area contributed by atoms with Gasteiger partial charge in [-0.15, -0.1) is 5.10 Å². The molecular weight excluding hydrogens is 460 g/mol. The van der Waals surface area contributed by atoms with Gasteiger partial charge in [-0.2, -0.15) is 8.42 Å². The lowest BCUT2D eigenvalue weighted by Crippen LogP contribution is -2.24. The van der Waals surface area contributed by atoms with Gasteiger partial charge in [-0.25, -0.2) is 28.6 Å². The number of nitrogens with one attached hydrogen (secondary N) is 1. The van der Waals surface area contributed by atoms with Crippen molar-refractivity contribution in [2.75, 3.05) is 11.9 Å². The largest absolute Gasteiger partial charge is 0.393 e. The molecule has 2 fully saturated rings. The monoisotopic (exact) mass is 481 g/mol. The van der Waals surface area contributed by atoms with Crippen molar-refractivity contribution in [2.45, 2.75) is 43.4 Å². The Bertz CT molecular complexity index is 1300. The summed E-state index contributed by atoms with van der Waals surface area (Å²) >= 11 is 0. The number of fused-ring (bicyclic) bond motifs is 1. The van der Waals surface area contributed by atoms with E-state index in [0.717, 1.165) is 12.5 Å². The molecule has 2 unspecified atom stereocenters. The molecular formula is C19H21F2N7O4S. The summed E-state index contributed by atoms with van der Waals surface area (Å²) in [7, 11) is -4.10. The summed E-state index contributed by atoms with van der Waals surface area (Å²) in [5.41, 5.74) is 1.60. The fourth-order valence-electron chi connectivity index (χ4n) is 4.39. The number of anilines is 1. The maximum atomic E-state index is 13.5. The van der Waals surface area contributed by atoms with E-state index in [2.05, 4.69) is 29.8 Å². The molecule has 0 saturated heterocycles. The summed E-state index contributed by atoms with van der Waals surface area (Å²) in [4.78, 5) is 8.53. The first kappa shape index (κ1) is 22.0. The van der Waals surface area contributed by atoms with Crippen LogP contribution < -0.4 is 10.5 Å². The molecule has 0 spiro atoms. The number of nitrogens with two attached hydrogens (primary N) is 1. The number of nitrogens with zero attached hydrogens (tertiary/aromatic N) is 5. The number of hydrogen-bond acceptors (Lipinski definition) is 9. The molecule has 2 aromatic heterocycles. The molecule has 2 saturated carbocycles. The minimum Gasteiger partial charge on any atom is -0.393 e. The molecule has 3 aromatic rings. The van der Waals surface area contributed by atoms with Crippen molar-refractivity contribution < 1.29 is 26.5 Å². The zero-order valence-electron chi connectivity index (χ0n) is 17.2. The van der Waals surface area contributed by atoms with Gasteiger partial charge in [0.1, 0.15) is 6.33 Å². The van der Waals surface area contributed by atoms with Crippen LogP contribution in [0.1, 0.15) is 36.8 Å². The molecule has 33 heavy (non-hydrogen) atoms. The molecule has 0 radical (unpaired) electrons. The summed E-state index contributed by atoms with van der Waals surface area (Å²) in [6.07, 6.45) is 2.03. The van der Waals surface area contributed by atoms with Gasteiger partial charge >= 0.3 is 10.3 Å². The average molecular weight is 481 g/mol. The molecule has 14 heteroatoms. The lowest BCUT2D eigenvalue weighted by molar-refractivity contribution is 0.100. The van der Waals surface area contributed by atoms with Gasteiger partial charge in [0, 0.05) is 17.9 Å².